The van der Waals surface area contributed by atoms with Crippen LogP contribution < -0.4 is 5.32 Å². The number of carbonyl (C=O) groups excluding carboxylic acids is 1. The fourth-order valence-corrected chi connectivity index (χ4v) is 4.04. The van der Waals surface area contributed by atoms with E-state index in [-0.39, 0.29) is 12.0 Å². The van der Waals surface area contributed by atoms with E-state index in [9.17, 15) is 18.0 Å². The van der Waals surface area contributed by atoms with Crippen LogP contribution in [0.1, 0.15) is 33.3 Å². The van der Waals surface area contributed by atoms with Crippen molar-refractivity contribution in [2.24, 2.45) is 0 Å². The second kappa shape index (κ2) is 11.3. The van der Waals surface area contributed by atoms with E-state index in [1.165, 1.54) is 11.1 Å². The van der Waals surface area contributed by atoms with Crippen LogP contribution in [0.4, 0.5) is 13.2 Å². The number of aliphatic carboxylic acids is 1. The molecule has 0 spiro atoms. The fourth-order valence-electron chi connectivity index (χ4n) is 4.04. The number of carboxylic acids is 1. The molecule has 0 saturated heterocycles. The monoisotopic (exact) mass is 511 g/mol. The number of halogens is 3. The largest absolute Gasteiger partial charge is 0.490 e. The van der Waals surface area contributed by atoms with E-state index in [0.29, 0.717) is 18.7 Å². The van der Waals surface area contributed by atoms with Crippen molar-refractivity contribution in [3.05, 3.63) is 101 Å². The smallest absolute Gasteiger partial charge is 0.475 e. The topological polar surface area (TPSA) is 93.5 Å². The second-order valence-corrected chi connectivity index (χ2v) is 8.37. The van der Waals surface area contributed by atoms with Crippen molar-refractivity contribution < 1.29 is 32.6 Å². The van der Waals surface area contributed by atoms with Crippen LogP contribution in [0.25, 0.3) is 10.8 Å². The van der Waals surface area contributed by atoms with Crippen molar-refractivity contribution in [1.82, 2.24) is 15.1 Å². The number of alkyl halides is 3. The van der Waals surface area contributed by atoms with Crippen LogP contribution in [-0.2, 0) is 22.5 Å². The Balaban J connectivity index is 0.000000405. The SMILES string of the molecule is O=C(NCC1OCCc2cn(Cc3ccccc3)nc21)c1cccc2ccccc12.O=C(O)C(F)(F)F. The number of hydrogen-bond acceptors (Lipinski definition) is 4. The molecule has 5 rings (SSSR count). The van der Waals surface area contributed by atoms with Crippen LogP contribution in [0.5, 0.6) is 0 Å². The van der Waals surface area contributed by atoms with Crippen LogP contribution in [0, 0.1) is 0 Å². The summed E-state index contributed by atoms with van der Waals surface area (Å²) in [7, 11) is 0. The van der Waals surface area contributed by atoms with Crippen molar-refractivity contribution >= 4 is 22.6 Å². The molecular weight excluding hydrogens is 487 g/mol. The van der Waals surface area contributed by atoms with Gasteiger partial charge in [-0.2, -0.15) is 18.3 Å². The summed E-state index contributed by atoms with van der Waals surface area (Å²) in [4.78, 5) is 21.8. The maximum Gasteiger partial charge on any atom is 0.490 e. The quantitative estimate of drug-likeness (QED) is 0.403. The highest BCUT2D eigenvalue weighted by atomic mass is 19.4. The third kappa shape index (κ3) is 6.53. The number of nitrogens with one attached hydrogen (secondary N) is 1. The maximum absolute atomic E-state index is 12.9. The summed E-state index contributed by atoms with van der Waals surface area (Å²) < 4.78 is 39.7. The van der Waals surface area contributed by atoms with Gasteiger partial charge >= 0.3 is 12.1 Å². The van der Waals surface area contributed by atoms with Crippen molar-refractivity contribution in [2.75, 3.05) is 13.2 Å². The summed E-state index contributed by atoms with van der Waals surface area (Å²) in [5.74, 6) is -2.85. The van der Waals surface area contributed by atoms with E-state index in [1.807, 2.05) is 65.3 Å². The lowest BCUT2D eigenvalue weighted by molar-refractivity contribution is -0.192. The molecule has 10 heteroatoms. The highest BCUT2D eigenvalue weighted by Crippen LogP contribution is 2.26. The van der Waals surface area contributed by atoms with Gasteiger partial charge in [0.15, 0.2) is 0 Å². The predicted octanol–water partition coefficient (Wildman–Crippen LogP) is 4.76. The molecule has 1 aromatic heterocycles. The summed E-state index contributed by atoms with van der Waals surface area (Å²) in [5, 5.41) is 17.0. The van der Waals surface area contributed by atoms with E-state index < -0.39 is 12.1 Å². The van der Waals surface area contributed by atoms with Gasteiger partial charge in [-0.15, -0.1) is 0 Å². The molecule has 0 radical (unpaired) electrons. The number of nitrogens with zero attached hydrogens (tertiary/aromatic N) is 2. The zero-order chi connectivity index (χ0) is 26.4. The van der Waals surface area contributed by atoms with Gasteiger partial charge in [-0.25, -0.2) is 4.79 Å². The molecule has 0 bridgehead atoms. The van der Waals surface area contributed by atoms with Gasteiger partial charge in [0.05, 0.1) is 18.8 Å². The summed E-state index contributed by atoms with van der Waals surface area (Å²) in [6.07, 6.45) is -2.37. The number of carboxylic acid groups (broad SMARTS) is 1. The summed E-state index contributed by atoms with van der Waals surface area (Å²) in [6, 6.07) is 24.0. The fraction of sp³-hybridized carbons (Fsp3) is 0.222. The van der Waals surface area contributed by atoms with Gasteiger partial charge in [0.2, 0.25) is 0 Å². The molecule has 0 fully saturated rings. The van der Waals surface area contributed by atoms with Crippen LogP contribution in [0.15, 0.2) is 79.0 Å². The number of fused-ring (bicyclic) bond motifs is 2. The Bertz CT molecular complexity index is 1380. The molecule has 0 saturated carbocycles. The Hall–Kier alpha value is -4.18. The van der Waals surface area contributed by atoms with Gasteiger partial charge < -0.3 is 15.2 Å². The molecule has 1 aliphatic heterocycles. The lowest BCUT2D eigenvalue weighted by Crippen LogP contribution is -2.32. The van der Waals surface area contributed by atoms with Crippen molar-refractivity contribution in [2.45, 2.75) is 25.2 Å². The normalized spacial score (nSPS) is 14.8. The molecule has 1 aliphatic rings. The van der Waals surface area contributed by atoms with Crippen molar-refractivity contribution in [1.29, 1.82) is 0 Å². The van der Waals surface area contributed by atoms with Gasteiger partial charge in [-0.3, -0.25) is 9.48 Å². The number of benzene rings is 3. The molecule has 1 amide bonds. The van der Waals surface area contributed by atoms with E-state index in [1.54, 1.807) is 0 Å². The van der Waals surface area contributed by atoms with Crippen molar-refractivity contribution in [3.63, 3.8) is 0 Å². The van der Waals surface area contributed by atoms with Crippen LogP contribution in [0.3, 0.4) is 0 Å². The van der Waals surface area contributed by atoms with Crippen LogP contribution in [0.2, 0.25) is 0 Å². The Labute approximate surface area is 210 Å². The summed E-state index contributed by atoms with van der Waals surface area (Å²) in [5.41, 5.74) is 4.01. The Morgan fingerprint density at radius 3 is 2.43 bits per heavy atom. The Kier molecular flexibility index (Phi) is 7.88. The average molecular weight is 512 g/mol. The second-order valence-electron chi connectivity index (χ2n) is 8.37. The van der Waals surface area contributed by atoms with E-state index in [0.717, 1.165) is 29.4 Å². The first-order valence-electron chi connectivity index (χ1n) is 11.5. The molecule has 2 heterocycles. The summed E-state index contributed by atoms with van der Waals surface area (Å²) in [6.45, 7) is 1.76. The number of rotatable bonds is 5. The maximum atomic E-state index is 12.9. The molecular formula is C27H24F3N3O4. The minimum atomic E-state index is -5.08. The minimum Gasteiger partial charge on any atom is -0.475 e. The van der Waals surface area contributed by atoms with Gasteiger partial charge in [-0.05, 0) is 34.4 Å². The van der Waals surface area contributed by atoms with E-state index >= 15 is 0 Å². The average Bonchev–Trinajstić information content (AvgIpc) is 3.30. The van der Waals surface area contributed by atoms with E-state index in [2.05, 4.69) is 23.6 Å². The minimum absolute atomic E-state index is 0.0914. The third-order valence-corrected chi connectivity index (χ3v) is 5.78. The number of amides is 1. The summed E-state index contributed by atoms with van der Waals surface area (Å²) >= 11 is 0. The lowest BCUT2D eigenvalue weighted by atomic mass is 10.0. The molecule has 4 aromatic rings. The number of aromatic nitrogens is 2. The number of hydrogen-bond donors (Lipinski definition) is 2. The van der Waals surface area contributed by atoms with Gasteiger partial charge in [0.25, 0.3) is 5.91 Å². The van der Waals surface area contributed by atoms with Gasteiger partial charge in [-0.1, -0.05) is 66.7 Å². The molecule has 37 heavy (non-hydrogen) atoms. The van der Waals surface area contributed by atoms with E-state index in [4.69, 9.17) is 19.7 Å². The van der Waals surface area contributed by atoms with Gasteiger partial charge in [0, 0.05) is 18.3 Å². The van der Waals surface area contributed by atoms with Crippen LogP contribution in [-0.4, -0.2) is 46.1 Å². The molecule has 1 unspecified atom stereocenters. The highest BCUT2D eigenvalue weighted by molar-refractivity contribution is 6.07. The molecule has 3 aromatic carbocycles. The first-order valence-corrected chi connectivity index (χ1v) is 11.5. The number of carbonyl (C=O) groups is 2. The highest BCUT2D eigenvalue weighted by Gasteiger charge is 2.38. The third-order valence-electron chi connectivity index (χ3n) is 5.78. The van der Waals surface area contributed by atoms with Crippen LogP contribution >= 0.6 is 0 Å². The standard InChI is InChI=1S/C25H23N3O2.C2HF3O2/c29-25(22-12-6-10-19-9-4-5-11-21(19)22)26-15-23-24-20(13-14-30-23)17-28(27-24)16-18-7-2-1-3-8-18;3-2(4,5)1(6)7/h1-12,17,23H,13-16H2,(H,26,29);(H,6,7). The van der Waals surface area contributed by atoms with Gasteiger partial charge in [0.1, 0.15) is 6.10 Å². The lowest BCUT2D eigenvalue weighted by Gasteiger charge is -2.22. The van der Waals surface area contributed by atoms with Crippen molar-refractivity contribution in [3.8, 4) is 0 Å². The molecule has 2 N–H and O–H groups in total. The molecule has 1 atom stereocenters. The first kappa shape index (κ1) is 25.9. The molecule has 7 nitrogen and oxygen atoms in total. The Morgan fingerprint density at radius 2 is 1.70 bits per heavy atom. The zero-order valence-corrected chi connectivity index (χ0v) is 19.6. The zero-order valence-electron chi connectivity index (χ0n) is 19.6. The predicted molar refractivity (Wildman–Crippen MR) is 130 cm³/mol. The molecule has 0 aliphatic carbocycles. The first-order chi connectivity index (χ1) is 17.7. The Morgan fingerprint density at radius 1 is 1.03 bits per heavy atom. The molecule has 192 valence electrons. The number of ether oxygens (including phenoxy) is 1.